The highest BCUT2D eigenvalue weighted by Crippen LogP contribution is 2.36. The number of aliphatic hydroxyl groups is 1. The molecule has 0 heterocycles. The van der Waals surface area contributed by atoms with E-state index in [-0.39, 0.29) is 11.7 Å². The fourth-order valence-electron chi connectivity index (χ4n) is 3.95. The van der Waals surface area contributed by atoms with Crippen molar-refractivity contribution in [2.24, 2.45) is 5.92 Å². The number of carbonyl (C=O) groups excluding carboxylic acids is 1. The van der Waals surface area contributed by atoms with Crippen molar-refractivity contribution >= 4 is 5.78 Å². The first kappa shape index (κ1) is 19.1. The maximum Gasteiger partial charge on any atom is 0.135 e. The van der Waals surface area contributed by atoms with Gasteiger partial charge in [-0.1, -0.05) is 38.1 Å². The van der Waals surface area contributed by atoms with Crippen LogP contribution in [0, 0.1) is 5.92 Å². The number of hydrogen-bond donors (Lipinski definition) is 1. The van der Waals surface area contributed by atoms with Crippen LogP contribution in [0.1, 0.15) is 69.9 Å². The predicted molar refractivity (Wildman–Crippen MR) is 99.1 cm³/mol. The van der Waals surface area contributed by atoms with Crippen LogP contribution in [-0.4, -0.2) is 35.0 Å². The molecule has 1 aliphatic rings. The number of Topliss-reactive ketones (excluding diaryl/α,β-unsaturated/α-hetero) is 1. The third kappa shape index (κ3) is 5.15. The number of hydrogen-bond acceptors (Lipinski definition) is 3. The van der Waals surface area contributed by atoms with Gasteiger partial charge in [0.1, 0.15) is 5.78 Å². The zero-order chi connectivity index (χ0) is 17.5. The van der Waals surface area contributed by atoms with Gasteiger partial charge in [-0.3, -0.25) is 9.69 Å². The van der Waals surface area contributed by atoms with Gasteiger partial charge in [0.25, 0.3) is 0 Å². The van der Waals surface area contributed by atoms with Crippen molar-refractivity contribution in [1.82, 2.24) is 4.90 Å². The Kier molecular flexibility index (Phi) is 7.44. The van der Waals surface area contributed by atoms with Crippen LogP contribution in [0.25, 0.3) is 0 Å². The number of nitrogens with zero attached hydrogens (tertiary/aromatic N) is 1. The Bertz CT molecular complexity index is 505. The molecule has 1 aliphatic carbocycles. The second-order valence-corrected chi connectivity index (χ2v) is 7.31. The molecule has 1 fully saturated rings. The lowest BCUT2D eigenvalue weighted by Gasteiger charge is -2.32. The maximum absolute atomic E-state index is 11.7. The number of rotatable bonds is 8. The number of carbonyl (C=O) groups is 1. The highest BCUT2D eigenvalue weighted by molar-refractivity contribution is 5.79. The molecule has 0 aromatic heterocycles. The minimum absolute atomic E-state index is 0.124. The summed E-state index contributed by atoms with van der Waals surface area (Å²) < 4.78 is 0. The second-order valence-electron chi connectivity index (χ2n) is 7.31. The van der Waals surface area contributed by atoms with Crippen LogP contribution in [0.15, 0.2) is 24.3 Å². The molecule has 3 unspecified atom stereocenters. The first-order chi connectivity index (χ1) is 11.5. The van der Waals surface area contributed by atoms with Gasteiger partial charge in [0, 0.05) is 12.5 Å². The molecule has 3 heteroatoms. The van der Waals surface area contributed by atoms with E-state index >= 15 is 0 Å². The Morgan fingerprint density at radius 1 is 1.12 bits per heavy atom. The lowest BCUT2D eigenvalue weighted by molar-refractivity contribution is -0.126. The molecule has 0 spiro atoms. The first-order valence-electron chi connectivity index (χ1n) is 9.54. The standard InChI is InChI=1S/C21H33NO2/c1-4-12-22(13-5-2)15-17-6-8-18(9-7-17)19-10-11-21(24)20(14-19)16(3)23/h6-9,19-21,24H,4-5,10-15H2,1-3H3. The van der Waals surface area contributed by atoms with Crippen molar-refractivity contribution in [3.8, 4) is 0 Å². The molecule has 0 radical (unpaired) electrons. The summed E-state index contributed by atoms with van der Waals surface area (Å²) in [5.74, 6) is 0.338. The Hall–Kier alpha value is -1.19. The van der Waals surface area contributed by atoms with E-state index in [0.29, 0.717) is 5.92 Å². The van der Waals surface area contributed by atoms with Crippen LogP contribution in [0.3, 0.4) is 0 Å². The van der Waals surface area contributed by atoms with E-state index in [0.717, 1.165) is 38.9 Å². The normalized spacial score (nSPS) is 24.3. The van der Waals surface area contributed by atoms with Gasteiger partial charge in [-0.2, -0.15) is 0 Å². The van der Waals surface area contributed by atoms with E-state index in [1.54, 1.807) is 6.92 Å². The third-order valence-corrected chi connectivity index (χ3v) is 5.27. The third-order valence-electron chi connectivity index (χ3n) is 5.27. The SMILES string of the molecule is CCCN(CCC)Cc1ccc(C2CCC(O)C(C(C)=O)C2)cc1. The molecule has 1 aromatic rings. The summed E-state index contributed by atoms with van der Waals surface area (Å²) in [6.07, 6.45) is 4.42. The van der Waals surface area contributed by atoms with Gasteiger partial charge >= 0.3 is 0 Å². The minimum atomic E-state index is -0.449. The summed E-state index contributed by atoms with van der Waals surface area (Å²) in [5.41, 5.74) is 2.68. The van der Waals surface area contributed by atoms with Crippen molar-refractivity contribution in [3.63, 3.8) is 0 Å². The number of ketones is 1. The molecule has 1 N–H and O–H groups in total. The molecule has 3 atom stereocenters. The highest BCUT2D eigenvalue weighted by atomic mass is 16.3. The van der Waals surface area contributed by atoms with E-state index in [4.69, 9.17) is 0 Å². The van der Waals surface area contributed by atoms with Crippen LogP contribution in [0.2, 0.25) is 0 Å². The van der Waals surface area contributed by atoms with Crippen molar-refractivity contribution in [2.45, 2.75) is 71.4 Å². The van der Waals surface area contributed by atoms with Crippen LogP contribution in [0.4, 0.5) is 0 Å². The average molecular weight is 332 g/mol. The zero-order valence-electron chi connectivity index (χ0n) is 15.5. The molecule has 1 saturated carbocycles. The summed E-state index contributed by atoms with van der Waals surface area (Å²) in [6, 6.07) is 8.93. The smallest absolute Gasteiger partial charge is 0.135 e. The topological polar surface area (TPSA) is 40.5 Å². The fraction of sp³-hybridized carbons (Fsp3) is 0.667. The molecule has 134 valence electrons. The van der Waals surface area contributed by atoms with E-state index in [9.17, 15) is 9.90 Å². The Morgan fingerprint density at radius 2 is 1.75 bits per heavy atom. The van der Waals surface area contributed by atoms with Crippen molar-refractivity contribution in [2.75, 3.05) is 13.1 Å². The van der Waals surface area contributed by atoms with Gasteiger partial charge in [0.15, 0.2) is 0 Å². The summed E-state index contributed by atoms with van der Waals surface area (Å²) in [7, 11) is 0. The van der Waals surface area contributed by atoms with E-state index < -0.39 is 6.10 Å². The zero-order valence-corrected chi connectivity index (χ0v) is 15.5. The largest absolute Gasteiger partial charge is 0.392 e. The fourth-order valence-corrected chi connectivity index (χ4v) is 3.95. The molecule has 2 rings (SSSR count). The Balaban J connectivity index is 1.99. The van der Waals surface area contributed by atoms with E-state index in [1.807, 2.05) is 0 Å². The van der Waals surface area contributed by atoms with Gasteiger partial charge < -0.3 is 5.11 Å². The monoisotopic (exact) mass is 331 g/mol. The van der Waals surface area contributed by atoms with Crippen LogP contribution in [0.5, 0.6) is 0 Å². The molecule has 0 amide bonds. The summed E-state index contributed by atoms with van der Waals surface area (Å²) in [5, 5.41) is 10.0. The molecular formula is C21H33NO2. The molecule has 0 saturated heterocycles. The Labute approximate surface area is 147 Å². The average Bonchev–Trinajstić information content (AvgIpc) is 2.56. The van der Waals surface area contributed by atoms with Gasteiger partial charge in [-0.05, 0) is 69.2 Å². The van der Waals surface area contributed by atoms with Gasteiger partial charge in [-0.15, -0.1) is 0 Å². The predicted octanol–water partition coefficient (Wildman–Crippen LogP) is 4.14. The second kappa shape index (κ2) is 9.33. The molecule has 24 heavy (non-hydrogen) atoms. The summed E-state index contributed by atoms with van der Waals surface area (Å²) >= 11 is 0. The van der Waals surface area contributed by atoms with Gasteiger partial charge in [0.2, 0.25) is 0 Å². The molecular weight excluding hydrogens is 298 g/mol. The van der Waals surface area contributed by atoms with Crippen molar-refractivity contribution in [3.05, 3.63) is 35.4 Å². The van der Waals surface area contributed by atoms with Gasteiger partial charge in [0.05, 0.1) is 6.10 Å². The van der Waals surface area contributed by atoms with Crippen molar-refractivity contribution < 1.29 is 9.90 Å². The van der Waals surface area contributed by atoms with E-state index in [1.165, 1.54) is 24.0 Å². The quantitative estimate of drug-likeness (QED) is 0.778. The molecule has 3 nitrogen and oxygen atoms in total. The van der Waals surface area contributed by atoms with Crippen LogP contribution >= 0.6 is 0 Å². The number of aliphatic hydroxyl groups excluding tert-OH is 1. The first-order valence-corrected chi connectivity index (χ1v) is 9.54. The lowest BCUT2D eigenvalue weighted by Crippen LogP contribution is -2.32. The maximum atomic E-state index is 11.7. The lowest BCUT2D eigenvalue weighted by atomic mass is 9.75. The number of benzene rings is 1. The minimum Gasteiger partial charge on any atom is -0.392 e. The van der Waals surface area contributed by atoms with Crippen molar-refractivity contribution in [1.29, 1.82) is 0 Å². The summed E-state index contributed by atoms with van der Waals surface area (Å²) in [4.78, 5) is 14.2. The van der Waals surface area contributed by atoms with Gasteiger partial charge in [-0.25, -0.2) is 0 Å². The Morgan fingerprint density at radius 3 is 2.29 bits per heavy atom. The van der Waals surface area contributed by atoms with E-state index in [2.05, 4.69) is 43.0 Å². The summed E-state index contributed by atoms with van der Waals surface area (Å²) in [6.45, 7) is 9.38. The van der Waals surface area contributed by atoms with Crippen LogP contribution in [-0.2, 0) is 11.3 Å². The van der Waals surface area contributed by atoms with Crippen LogP contribution < -0.4 is 0 Å². The molecule has 0 aliphatic heterocycles. The highest BCUT2D eigenvalue weighted by Gasteiger charge is 2.32. The molecule has 1 aromatic carbocycles. The molecule has 0 bridgehead atoms.